The zero-order valence-corrected chi connectivity index (χ0v) is 18.8. The lowest BCUT2D eigenvalue weighted by Gasteiger charge is -2.14. The van der Waals surface area contributed by atoms with Gasteiger partial charge in [-0.15, -0.1) is 0 Å². The van der Waals surface area contributed by atoms with Gasteiger partial charge in [-0.2, -0.15) is 0 Å². The number of hydrogen-bond donors (Lipinski definition) is 2. The van der Waals surface area contributed by atoms with Crippen LogP contribution in [0.1, 0.15) is 32.3 Å². The maximum absolute atomic E-state index is 12.4. The molecular weight excluding hydrogens is 400 g/mol. The van der Waals surface area contributed by atoms with Crippen molar-refractivity contribution >= 4 is 17.3 Å². The van der Waals surface area contributed by atoms with Crippen molar-refractivity contribution in [3.8, 4) is 11.5 Å². The molecule has 32 heavy (non-hydrogen) atoms. The summed E-state index contributed by atoms with van der Waals surface area (Å²) in [4.78, 5) is 12.4. The van der Waals surface area contributed by atoms with Crippen LogP contribution < -0.4 is 20.1 Å². The number of rotatable bonds is 12. The number of nitrogens with one attached hydrogen (secondary N) is 2. The first-order valence-electron chi connectivity index (χ1n) is 11.2. The molecule has 0 aliphatic carbocycles. The molecule has 0 radical (unpaired) electrons. The van der Waals surface area contributed by atoms with Crippen LogP contribution in [0.5, 0.6) is 11.5 Å². The second kappa shape index (κ2) is 12.4. The minimum absolute atomic E-state index is 0.125. The van der Waals surface area contributed by atoms with Gasteiger partial charge >= 0.3 is 0 Å². The van der Waals surface area contributed by atoms with Crippen molar-refractivity contribution in [2.75, 3.05) is 23.8 Å². The number of hydrogen-bond acceptors (Lipinski definition) is 4. The fourth-order valence-corrected chi connectivity index (χ4v) is 3.16. The molecule has 3 aromatic carbocycles. The third-order valence-corrected chi connectivity index (χ3v) is 5.04. The highest BCUT2D eigenvalue weighted by atomic mass is 16.5. The molecule has 3 rings (SSSR count). The molecule has 3 aromatic rings. The zero-order chi connectivity index (χ0) is 22.6. The average Bonchev–Trinajstić information content (AvgIpc) is 2.82. The number of aryl methyl sites for hydroxylation is 1. The van der Waals surface area contributed by atoms with Crippen LogP contribution in [-0.2, 0) is 11.2 Å². The van der Waals surface area contributed by atoms with E-state index in [1.54, 1.807) is 0 Å². The standard InChI is InChI=1S/C27H32N2O3/c1-3-21(2)32-26-16-8-14-24(19-26)29-27(30)20-28-23-13-7-15-25(18-23)31-17-9-12-22-10-5-4-6-11-22/h4-8,10-11,13-16,18-19,21,28H,3,9,12,17,20H2,1-2H3,(H,29,30). The minimum atomic E-state index is -0.125. The van der Waals surface area contributed by atoms with Gasteiger partial charge in [0.2, 0.25) is 5.91 Å². The van der Waals surface area contributed by atoms with E-state index in [9.17, 15) is 4.79 Å². The molecule has 0 spiro atoms. The van der Waals surface area contributed by atoms with Crippen LogP contribution in [-0.4, -0.2) is 25.2 Å². The predicted molar refractivity (Wildman–Crippen MR) is 131 cm³/mol. The molecule has 2 N–H and O–H groups in total. The Balaban J connectivity index is 1.42. The van der Waals surface area contributed by atoms with E-state index in [4.69, 9.17) is 9.47 Å². The van der Waals surface area contributed by atoms with Gasteiger partial charge in [0.25, 0.3) is 0 Å². The number of benzene rings is 3. The second-order valence-electron chi connectivity index (χ2n) is 7.73. The summed E-state index contributed by atoms with van der Waals surface area (Å²) in [6, 6.07) is 25.5. The summed E-state index contributed by atoms with van der Waals surface area (Å²) in [7, 11) is 0. The normalized spacial score (nSPS) is 11.4. The lowest BCUT2D eigenvalue weighted by Crippen LogP contribution is -2.21. The molecular formula is C27H32N2O3. The van der Waals surface area contributed by atoms with Crippen LogP contribution >= 0.6 is 0 Å². The van der Waals surface area contributed by atoms with Crippen molar-refractivity contribution in [1.82, 2.24) is 0 Å². The van der Waals surface area contributed by atoms with Crippen molar-refractivity contribution < 1.29 is 14.3 Å². The van der Waals surface area contributed by atoms with Crippen LogP contribution in [0.3, 0.4) is 0 Å². The molecule has 5 heteroatoms. The molecule has 5 nitrogen and oxygen atoms in total. The SMILES string of the molecule is CCC(C)Oc1cccc(NC(=O)CNc2cccc(OCCCc3ccccc3)c2)c1. The summed E-state index contributed by atoms with van der Waals surface area (Å²) in [5, 5.41) is 6.06. The van der Waals surface area contributed by atoms with Crippen molar-refractivity contribution in [1.29, 1.82) is 0 Å². The molecule has 0 fully saturated rings. The summed E-state index contributed by atoms with van der Waals surface area (Å²) < 4.78 is 11.7. The molecule has 0 aliphatic rings. The van der Waals surface area contributed by atoms with Crippen LogP contribution in [0, 0.1) is 0 Å². The van der Waals surface area contributed by atoms with Gasteiger partial charge < -0.3 is 20.1 Å². The Morgan fingerprint density at radius 2 is 1.62 bits per heavy atom. The monoisotopic (exact) mass is 432 g/mol. The highest BCUT2D eigenvalue weighted by molar-refractivity contribution is 5.93. The Kier molecular flexibility index (Phi) is 8.99. The third kappa shape index (κ3) is 7.99. The smallest absolute Gasteiger partial charge is 0.243 e. The van der Waals surface area contributed by atoms with E-state index in [1.165, 1.54) is 5.56 Å². The van der Waals surface area contributed by atoms with Crippen molar-refractivity contribution in [2.24, 2.45) is 0 Å². The minimum Gasteiger partial charge on any atom is -0.494 e. The fourth-order valence-electron chi connectivity index (χ4n) is 3.16. The van der Waals surface area contributed by atoms with Gasteiger partial charge in [0, 0.05) is 23.5 Å². The molecule has 0 aromatic heterocycles. The van der Waals surface area contributed by atoms with E-state index in [2.05, 4.69) is 41.8 Å². The van der Waals surface area contributed by atoms with Crippen LogP contribution in [0.25, 0.3) is 0 Å². The van der Waals surface area contributed by atoms with Gasteiger partial charge in [0.15, 0.2) is 0 Å². The van der Waals surface area contributed by atoms with E-state index in [-0.39, 0.29) is 18.6 Å². The van der Waals surface area contributed by atoms with Gasteiger partial charge in [-0.25, -0.2) is 0 Å². The first kappa shape index (κ1) is 23.2. The summed E-state index contributed by atoms with van der Waals surface area (Å²) >= 11 is 0. The number of amides is 1. The lowest BCUT2D eigenvalue weighted by molar-refractivity contribution is -0.114. The van der Waals surface area contributed by atoms with Gasteiger partial charge in [-0.3, -0.25) is 4.79 Å². The molecule has 0 heterocycles. The van der Waals surface area contributed by atoms with Gasteiger partial charge in [-0.05, 0) is 56.0 Å². The van der Waals surface area contributed by atoms with Crippen LogP contribution in [0.4, 0.5) is 11.4 Å². The zero-order valence-electron chi connectivity index (χ0n) is 18.8. The molecule has 0 aliphatic heterocycles. The molecule has 1 amide bonds. The van der Waals surface area contributed by atoms with Crippen LogP contribution in [0.15, 0.2) is 78.9 Å². The van der Waals surface area contributed by atoms with E-state index in [1.807, 2.05) is 61.5 Å². The molecule has 0 bridgehead atoms. The van der Waals surface area contributed by atoms with E-state index < -0.39 is 0 Å². The van der Waals surface area contributed by atoms with Crippen molar-refractivity contribution in [3.05, 3.63) is 84.4 Å². The molecule has 168 valence electrons. The fraction of sp³-hybridized carbons (Fsp3) is 0.296. The van der Waals surface area contributed by atoms with E-state index in [0.29, 0.717) is 12.3 Å². The quantitative estimate of drug-likeness (QED) is 0.349. The summed E-state index contributed by atoms with van der Waals surface area (Å²) in [5.41, 5.74) is 2.87. The Hall–Kier alpha value is -3.47. The van der Waals surface area contributed by atoms with Crippen molar-refractivity contribution in [2.45, 2.75) is 39.2 Å². The second-order valence-corrected chi connectivity index (χ2v) is 7.73. The lowest BCUT2D eigenvalue weighted by atomic mass is 10.1. The maximum Gasteiger partial charge on any atom is 0.243 e. The summed E-state index contributed by atoms with van der Waals surface area (Å²) in [6.07, 6.45) is 3.00. The number of anilines is 2. The third-order valence-electron chi connectivity index (χ3n) is 5.04. The highest BCUT2D eigenvalue weighted by Gasteiger charge is 2.06. The molecule has 1 atom stereocenters. The Bertz CT molecular complexity index is 975. The van der Waals surface area contributed by atoms with Gasteiger partial charge in [-0.1, -0.05) is 49.4 Å². The number of carbonyl (C=O) groups excluding carboxylic acids is 1. The Morgan fingerprint density at radius 3 is 2.41 bits per heavy atom. The van der Waals surface area contributed by atoms with E-state index in [0.717, 1.165) is 36.4 Å². The largest absolute Gasteiger partial charge is 0.494 e. The predicted octanol–water partition coefficient (Wildman–Crippen LogP) is 5.93. The van der Waals surface area contributed by atoms with Gasteiger partial charge in [0.05, 0.1) is 19.3 Å². The number of ether oxygens (including phenoxy) is 2. The average molecular weight is 433 g/mol. The van der Waals surface area contributed by atoms with E-state index >= 15 is 0 Å². The number of carbonyl (C=O) groups is 1. The Labute approximate surface area is 190 Å². The van der Waals surface area contributed by atoms with Crippen molar-refractivity contribution in [3.63, 3.8) is 0 Å². The molecule has 0 saturated heterocycles. The highest BCUT2D eigenvalue weighted by Crippen LogP contribution is 2.20. The first-order chi connectivity index (χ1) is 15.6. The first-order valence-corrected chi connectivity index (χ1v) is 11.2. The maximum atomic E-state index is 12.4. The summed E-state index contributed by atoms with van der Waals surface area (Å²) in [5.74, 6) is 1.42. The molecule has 0 saturated carbocycles. The van der Waals surface area contributed by atoms with Gasteiger partial charge in [0.1, 0.15) is 11.5 Å². The Morgan fingerprint density at radius 1 is 0.906 bits per heavy atom. The topological polar surface area (TPSA) is 59.6 Å². The van der Waals surface area contributed by atoms with Crippen LogP contribution in [0.2, 0.25) is 0 Å². The molecule has 1 unspecified atom stereocenters. The summed E-state index contributed by atoms with van der Waals surface area (Å²) in [6.45, 7) is 4.91.